The summed E-state index contributed by atoms with van der Waals surface area (Å²) >= 11 is 6.03. The third-order valence-corrected chi connectivity index (χ3v) is 2.87. The Morgan fingerprint density at radius 2 is 2.15 bits per heavy atom. The molecule has 2 rings (SSSR count). The van der Waals surface area contributed by atoms with Gasteiger partial charge in [0.1, 0.15) is 17.6 Å². The zero-order valence-corrected chi connectivity index (χ0v) is 12.3. The number of aromatic nitrogens is 3. The average Bonchev–Trinajstić information content (AvgIpc) is 2.45. The van der Waals surface area contributed by atoms with Crippen molar-refractivity contribution in [3.63, 3.8) is 0 Å². The van der Waals surface area contributed by atoms with Crippen LogP contribution in [0.1, 0.15) is 18.4 Å². The number of hydrogen-bond donors (Lipinski definition) is 0. The Labute approximate surface area is 123 Å². The predicted molar refractivity (Wildman–Crippen MR) is 78.7 cm³/mol. The summed E-state index contributed by atoms with van der Waals surface area (Å²) in [5.41, 5.74) is 0.969. The molecule has 0 aliphatic rings. The van der Waals surface area contributed by atoms with Crippen LogP contribution < -0.4 is 4.90 Å². The first-order chi connectivity index (χ1) is 9.69. The van der Waals surface area contributed by atoms with Crippen LogP contribution in [0.15, 0.2) is 30.5 Å². The van der Waals surface area contributed by atoms with Crippen molar-refractivity contribution in [2.24, 2.45) is 0 Å². The van der Waals surface area contributed by atoms with E-state index < -0.39 is 0 Å². The molecule has 20 heavy (non-hydrogen) atoms. The Balaban J connectivity index is 2.12. The lowest BCUT2D eigenvalue weighted by atomic mass is 10.3. The van der Waals surface area contributed by atoms with E-state index in [9.17, 15) is 0 Å². The second-order valence-electron chi connectivity index (χ2n) is 4.28. The number of halogens is 1. The van der Waals surface area contributed by atoms with Gasteiger partial charge in [-0.05, 0) is 19.1 Å². The van der Waals surface area contributed by atoms with E-state index in [1.165, 1.54) is 0 Å². The lowest BCUT2D eigenvalue weighted by Crippen LogP contribution is -2.19. The molecule has 106 valence electrons. The van der Waals surface area contributed by atoms with Crippen molar-refractivity contribution in [3.05, 3.63) is 47.1 Å². The SMILES string of the molecule is CCOCc1nc(Cl)cc(N(C)Cc2ccccn2)n1. The number of nitrogens with zero attached hydrogens (tertiary/aromatic N) is 4. The van der Waals surface area contributed by atoms with Gasteiger partial charge in [0.25, 0.3) is 0 Å². The number of anilines is 1. The van der Waals surface area contributed by atoms with Crippen molar-refractivity contribution in [3.8, 4) is 0 Å². The number of ether oxygens (including phenoxy) is 1. The first-order valence-corrected chi connectivity index (χ1v) is 6.79. The van der Waals surface area contributed by atoms with Crippen LogP contribution in [0.4, 0.5) is 5.82 Å². The third kappa shape index (κ3) is 4.15. The second kappa shape index (κ2) is 7.17. The zero-order valence-electron chi connectivity index (χ0n) is 11.6. The molecular formula is C14H17ClN4O. The predicted octanol–water partition coefficient (Wildman–Crippen LogP) is 2.70. The van der Waals surface area contributed by atoms with Crippen LogP contribution in [0.2, 0.25) is 5.15 Å². The zero-order chi connectivity index (χ0) is 14.4. The molecule has 0 saturated carbocycles. The minimum Gasteiger partial charge on any atom is -0.374 e. The molecule has 0 atom stereocenters. The smallest absolute Gasteiger partial charge is 0.158 e. The molecule has 0 radical (unpaired) electrons. The summed E-state index contributed by atoms with van der Waals surface area (Å²) in [6, 6.07) is 7.56. The van der Waals surface area contributed by atoms with Gasteiger partial charge in [-0.3, -0.25) is 4.98 Å². The van der Waals surface area contributed by atoms with E-state index in [1.54, 1.807) is 12.3 Å². The van der Waals surface area contributed by atoms with Gasteiger partial charge in [0.15, 0.2) is 5.82 Å². The maximum Gasteiger partial charge on any atom is 0.158 e. The maximum atomic E-state index is 6.03. The molecule has 0 amide bonds. The molecule has 2 aromatic heterocycles. The highest BCUT2D eigenvalue weighted by Gasteiger charge is 2.08. The van der Waals surface area contributed by atoms with Crippen molar-refractivity contribution in [2.45, 2.75) is 20.1 Å². The molecule has 5 nitrogen and oxygen atoms in total. The lowest BCUT2D eigenvalue weighted by molar-refractivity contribution is 0.128. The normalized spacial score (nSPS) is 10.6. The Hall–Kier alpha value is -1.72. The van der Waals surface area contributed by atoms with Gasteiger partial charge >= 0.3 is 0 Å². The van der Waals surface area contributed by atoms with Gasteiger partial charge < -0.3 is 9.64 Å². The van der Waals surface area contributed by atoms with Gasteiger partial charge in [0.05, 0.1) is 12.2 Å². The van der Waals surface area contributed by atoms with Crippen molar-refractivity contribution in [1.82, 2.24) is 15.0 Å². The van der Waals surface area contributed by atoms with Crippen LogP contribution in [0.3, 0.4) is 0 Å². The highest BCUT2D eigenvalue weighted by atomic mass is 35.5. The summed E-state index contributed by atoms with van der Waals surface area (Å²) in [7, 11) is 1.94. The van der Waals surface area contributed by atoms with Crippen molar-refractivity contribution in [2.75, 3.05) is 18.6 Å². The molecule has 0 saturated heterocycles. The van der Waals surface area contributed by atoms with E-state index in [-0.39, 0.29) is 0 Å². The van der Waals surface area contributed by atoms with Gasteiger partial charge in [0, 0.05) is 25.9 Å². The molecule has 0 aliphatic heterocycles. The van der Waals surface area contributed by atoms with Crippen LogP contribution in [0, 0.1) is 0 Å². The first-order valence-electron chi connectivity index (χ1n) is 6.41. The monoisotopic (exact) mass is 292 g/mol. The van der Waals surface area contributed by atoms with Gasteiger partial charge in [-0.15, -0.1) is 0 Å². The molecule has 2 heterocycles. The summed E-state index contributed by atoms with van der Waals surface area (Å²) in [6.45, 7) is 3.57. The van der Waals surface area contributed by atoms with Gasteiger partial charge in [-0.1, -0.05) is 17.7 Å². The number of rotatable bonds is 6. The molecule has 0 spiro atoms. The number of pyridine rings is 1. The van der Waals surface area contributed by atoms with E-state index in [0.29, 0.717) is 30.7 Å². The van der Waals surface area contributed by atoms with Gasteiger partial charge in [0.2, 0.25) is 0 Å². The minimum absolute atomic E-state index is 0.363. The quantitative estimate of drug-likeness (QED) is 0.766. The van der Waals surface area contributed by atoms with E-state index >= 15 is 0 Å². The maximum absolute atomic E-state index is 6.03. The summed E-state index contributed by atoms with van der Waals surface area (Å²) in [4.78, 5) is 14.9. The van der Waals surface area contributed by atoms with Crippen LogP contribution in [-0.4, -0.2) is 28.6 Å². The highest BCUT2D eigenvalue weighted by molar-refractivity contribution is 6.29. The van der Waals surface area contributed by atoms with Crippen LogP contribution >= 0.6 is 11.6 Å². The Morgan fingerprint density at radius 1 is 1.30 bits per heavy atom. The van der Waals surface area contributed by atoms with Crippen LogP contribution in [0.5, 0.6) is 0 Å². The molecule has 2 aromatic rings. The van der Waals surface area contributed by atoms with E-state index in [1.807, 2.05) is 37.1 Å². The van der Waals surface area contributed by atoms with E-state index in [4.69, 9.17) is 16.3 Å². The summed E-state index contributed by atoms with van der Waals surface area (Å²) in [5.74, 6) is 1.34. The molecule has 0 aromatic carbocycles. The Kier molecular flexibility index (Phi) is 5.26. The lowest BCUT2D eigenvalue weighted by Gasteiger charge is -2.18. The van der Waals surface area contributed by atoms with Crippen molar-refractivity contribution in [1.29, 1.82) is 0 Å². The Morgan fingerprint density at radius 3 is 2.85 bits per heavy atom. The summed E-state index contributed by atoms with van der Waals surface area (Å²) in [5, 5.41) is 0.414. The summed E-state index contributed by atoms with van der Waals surface area (Å²) < 4.78 is 5.31. The molecular weight excluding hydrogens is 276 g/mol. The molecule has 6 heteroatoms. The third-order valence-electron chi connectivity index (χ3n) is 2.68. The minimum atomic E-state index is 0.363. The van der Waals surface area contributed by atoms with Gasteiger partial charge in [-0.25, -0.2) is 9.97 Å². The molecule has 0 bridgehead atoms. The number of hydrogen-bond acceptors (Lipinski definition) is 5. The van der Waals surface area contributed by atoms with E-state index in [0.717, 1.165) is 11.5 Å². The van der Waals surface area contributed by atoms with Crippen LogP contribution in [0.25, 0.3) is 0 Å². The topological polar surface area (TPSA) is 51.1 Å². The van der Waals surface area contributed by atoms with Gasteiger partial charge in [-0.2, -0.15) is 0 Å². The highest BCUT2D eigenvalue weighted by Crippen LogP contribution is 2.17. The first kappa shape index (κ1) is 14.7. The van der Waals surface area contributed by atoms with E-state index in [2.05, 4.69) is 15.0 Å². The van der Waals surface area contributed by atoms with Crippen molar-refractivity contribution < 1.29 is 4.74 Å². The largest absolute Gasteiger partial charge is 0.374 e. The Bertz CT molecular complexity index is 550. The molecule has 0 aliphatic carbocycles. The fourth-order valence-electron chi connectivity index (χ4n) is 1.72. The fourth-order valence-corrected chi connectivity index (χ4v) is 1.92. The molecule has 0 unspecified atom stereocenters. The second-order valence-corrected chi connectivity index (χ2v) is 4.67. The van der Waals surface area contributed by atoms with Crippen molar-refractivity contribution >= 4 is 17.4 Å². The van der Waals surface area contributed by atoms with Crippen LogP contribution in [-0.2, 0) is 17.9 Å². The average molecular weight is 293 g/mol. The summed E-state index contributed by atoms with van der Waals surface area (Å²) in [6.07, 6.45) is 1.77. The standard InChI is InChI=1S/C14H17ClN4O/c1-3-20-10-13-17-12(15)8-14(18-13)19(2)9-11-6-4-5-7-16-11/h4-8H,3,9-10H2,1-2H3. The molecule has 0 N–H and O–H groups in total. The molecule has 0 fully saturated rings. The fraction of sp³-hybridized carbons (Fsp3) is 0.357.